The normalized spacial score (nSPS) is 11.9. The number of carbonyl (C=O) groups excluding carboxylic acids is 2. The first-order valence-electron chi connectivity index (χ1n) is 7.38. The molecule has 0 N–H and O–H groups in total. The van der Waals surface area contributed by atoms with Gasteiger partial charge in [0.2, 0.25) is 0 Å². The minimum atomic E-state index is -0.334. The third-order valence-electron chi connectivity index (χ3n) is 3.57. The Morgan fingerprint density at radius 3 is 2.05 bits per heavy atom. The van der Waals surface area contributed by atoms with Crippen LogP contribution in [0.2, 0.25) is 0 Å². The van der Waals surface area contributed by atoms with Gasteiger partial charge in [-0.15, -0.1) is 0 Å². The third kappa shape index (κ3) is 4.12. The van der Waals surface area contributed by atoms with Crippen LogP contribution in [0.5, 0.6) is 0 Å². The minimum absolute atomic E-state index is 0.0221. The number of hydrogen-bond donors (Lipinski definition) is 0. The van der Waals surface area contributed by atoms with Crippen LogP contribution in [0.25, 0.3) is 0 Å². The summed E-state index contributed by atoms with van der Waals surface area (Å²) in [6.07, 6.45) is 1.57. The molecule has 0 radical (unpaired) electrons. The molecular formula is C19H20O2. The van der Waals surface area contributed by atoms with Crippen LogP contribution in [-0.2, 0) is 4.79 Å². The number of ketones is 2. The lowest BCUT2D eigenvalue weighted by Gasteiger charge is -2.15. The first-order valence-corrected chi connectivity index (χ1v) is 7.38. The Labute approximate surface area is 125 Å². The smallest absolute Gasteiger partial charge is 0.163 e. The standard InChI is InChI=1S/C19H20O2/c1-2-9-18(20)17(15-10-5-3-6-11-15)14-19(21)16-12-7-4-8-13-16/h3-8,10-13,17H,2,9,14H2,1H3. The summed E-state index contributed by atoms with van der Waals surface area (Å²) in [4.78, 5) is 24.7. The van der Waals surface area contributed by atoms with E-state index in [2.05, 4.69) is 0 Å². The molecule has 108 valence electrons. The summed E-state index contributed by atoms with van der Waals surface area (Å²) < 4.78 is 0. The van der Waals surface area contributed by atoms with Gasteiger partial charge in [-0.2, -0.15) is 0 Å². The van der Waals surface area contributed by atoms with E-state index in [0.717, 1.165) is 12.0 Å². The molecule has 0 bridgehead atoms. The van der Waals surface area contributed by atoms with Gasteiger partial charge in [0.1, 0.15) is 5.78 Å². The number of hydrogen-bond acceptors (Lipinski definition) is 2. The van der Waals surface area contributed by atoms with E-state index < -0.39 is 0 Å². The van der Waals surface area contributed by atoms with Crippen molar-refractivity contribution in [1.29, 1.82) is 0 Å². The van der Waals surface area contributed by atoms with Crippen LogP contribution in [0, 0.1) is 0 Å². The third-order valence-corrected chi connectivity index (χ3v) is 3.57. The largest absolute Gasteiger partial charge is 0.299 e. The average Bonchev–Trinajstić information content (AvgIpc) is 2.54. The Balaban J connectivity index is 2.20. The van der Waals surface area contributed by atoms with Crippen molar-refractivity contribution in [3.05, 3.63) is 71.8 Å². The SMILES string of the molecule is CCCC(=O)C(CC(=O)c1ccccc1)c1ccccc1. The number of Topliss-reactive ketones (excluding diaryl/α,β-unsaturated/α-hetero) is 2. The molecule has 0 aliphatic carbocycles. The summed E-state index contributed by atoms with van der Waals surface area (Å²) in [6.45, 7) is 1.99. The second-order valence-electron chi connectivity index (χ2n) is 5.17. The number of carbonyl (C=O) groups is 2. The van der Waals surface area contributed by atoms with Gasteiger partial charge in [0.15, 0.2) is 5.78 Å². The Morgan fingerprint density at radius 1 is 0.905 bits per heavy atom. The highest BCUT2D eigenvalue weighted by molar-refractivity contribution is 6.00. The molecule has 1 atom stereocenters. The molecule has 0 spiro atoms. The van der Waals surface area contributed by atoms with Gasteiger partial charge in [-0.3, -0.25) is 9.59 Å². The van der Waals surface area contributed by atoms with Gasteiger partial charge in [-0.05, 0) is 12.0 Å². The van der Waals surface area contributed by atoms with E-state index in [1.54, 1.807) is 12.1 Å². The fraction of sp³-hybridized carbons (Fsp3) is 0.263. The molecule has 21 heavy (non-hydrogen) atoms. The topological polar surface area (TPSA) is 34.1 Å². The van der Waals surface area contributed by atoms with Crippen LogP contribution in [0.4, 0.5) is 0 Å². The lowest BCUT2D eigenvalue weighted by molar-refractivity contribution is -0.120. The van der Waals surface area contributed by atoms with E-state index >= 15 is 0 Å². The maximum atomic E-state index is 12.4. The summed E-state index contributed by atoms with van der Waals surface area (Å²) in [5.74, 6) is -0.166. The van der Waals surface area contributed by atoms with E-state index in [1.807, 2.05) is 55.5 Å². The van der Waals surface area contributed by atoms with Crippen molar-refractivity contribution in [1.82, 2.24) is 0 Å². The lowest BCUT2D eigenvalue weighted by atomic mass is 9.86. The Kier molecular flexibility index (Phi) is 5.44. The zero-order valence-corrected chi connectivity index (χ0v) is 12.3. The predicted octanol–water partition coefficient (Wildman–Crippen LogP) is 4.41. The molecule has 0 saturated carbocycles. The van der Waals surface area contributed by atoms with Gasteiger partial charge in [0.05, 0.1) is 0 Å². The second-order valence-corrected chi connectivity index (χ2v) is 5.17. The quantitative estimate of drug-likeness (QED) is 0.704. The minimum Gasteiger partial charge on any atom is -0.299 e. The van der Waals surface area contributed by atoms with Gasteiger partial charge in [0.25, 0.3) is 0 Å². The average molecular weight is 280 g/mol. The van der Waals surface area contributed by atoms with Crippen LogP contribution in [-0.4, -0.2) is 11.6 Å². The highest BCUT2D eigenvalue weighted by atomic mass is 16.1. The molecule has 0 aromatic heterocycles. The molecule has 0 saturated heterocycles. The molecule has 0 aliphatic rings. The van der Waals surface area contributed by atoms with Crippen LogP contribution in [0.1, 0.15) is 48.0 Å². The summed E-state index contributed by atoms with van der Waals surface area (Å²) in [5, 5.41) is 0. The van der Waals surface area contributed by atoms with Crippen LogP contribution < -0.4 is 0 Å². The first kappa shape index (κ1) is 15.2. The van der Waals surface area contributed by atoms with Crippen molar-refractivity contribution in [2.75, 3.05) is 0 Å². The first-order chi connectivity index (χ1) is 10.2. The predicted molar refractivity (Wildman–Crippen MR) is 84.5 cm³/mol. The van der Waals surface area contributed by atoms with Gasteiger partial charge in [-0.25, -0.2) is 0 Å². The summed E-state index contributed by atoms with van der Waals surface area (Å²) in [6, 6.07) is 18.8. The summed E-state index contributed by atoms with van der Waals surface area (Å²) in [5.41, 5.74) is 1.60. The maximum Gasteiger partial charge on any atom is 0.163 e. The van der Waals surface area contributed by atoms with E-state index in [9.17, 15) is 9.59 Å². The van der Waals surface area contributed by atoms with Crippen molar-refractivity contribution in [2.45, 2.75) is 32.1 Å². The van der Waals surface area contributed by atoms with Crippen LogP contribution in [0.15, 0.2) is 60.7 Å². The van der Waals surface area contributed by atoms with Crippen LogP contribution >= 0.6 is 0 Å². The van der Waals surface area contributed by atoms with Crippen molar-refractivity contribution < 1.29 is 9.59 Å². The summed E-state index contributed by atoms with van der Waals surface area (Å²) in [7, 11) is 0. The fourth-order valence-corrected chi connectivity index (χ4v) is 2.45. The van der Waals surface area contributed by atoms with E-state index in [0.29, 0.717) is 12.0 Å². The number of benzene rings is 2. The van der Waals surface area contributed by atoms with E-state index in [1.165, 1.54) is 0 Å². The molecule has 0 aliphatic heterocycles. The van der Waals surface area contributed by atoms with Crippen molar-refractivity contribution in [2.24, 2.45) is 0 Å². The number of rotatable bonds is 7. The van der Waals surface area contributed by atoms with Gasteiger partial charge in [0, 0.05) is 24.3 Å². The van der Waals surface area contributed by atoms with Crippen molar-refractivity contribution in [3.8, 4) is 0 Å². The van der Waals surface area contributed by atoms with Gasteiger partial charge >= 0.3 is 0 Å². The molecule has 0 fully saturated rings. The van der Waals surface area contributed by atoms with E-state index in [4.69, 9.17) is 0 Å². The summed E-state index contributed by atoms with van der Waals surface area (Å²) >= 11 is 0. The Bertz CT molecular complexity index is 587. The zero-order chi connectivity index (χ0) is 15.1. The highest BCUT2D eigenvalue weighted by Crippen LogP contribution is 2.24. The molecular weight excluding hydrogens is 260 g/mol. The zero-order valence-electron chi connectivity index (χ0n) is 12.3. The van der Waals surface area contributed by atoms with Gasteiger partial charge < -0.3 is 0 Å². The molecule has 2 rings (SSSR count). The van der Waals surface area contributed by atoms with Crippen molar-refractivity contribution in [3.63, 3.8) is 0 Å². The molecule has 1 unspecified atom stereocenters. The maximum absolute atomic E-state index is 12.4. The molecule has 2 aromatic carbocycles. The second kappa shape index (κ2) is 7.53. The Hall–Kier alpha value is -2.22. The molecule has 0 amide bonds. The van der Waals surface area contributed by atoms with E-state index in [-0.39, 0.29) is 23.9 Å². The Morgan fingerprint density at radius 2 is 1.48 bits per heavy atom. The lowest BCUT2D eigenvalue weighted by Crippen LogP contribution is -2.16. The molecule has 0 heterocycles. The van der Waals surface area contributed by atoms with Gasteiger partial charge in [-0.1, -0.05) is 67.6 Å². The highest BCUT2D eigenvalue weighted by Gasteiger charge is 2.23. The molecule has 2 heteroatoms. The molecule has 2 nitrogen and oxygen atoms in total. The van der Waals surface area contributed by atoms with Crippen LogP contribution in [0.3, 0.4) is 0 Å². The fourth-order valence-electron chi connectivity index (χ4n) is 2.45. The molecule has 2 aromatic rings. The monoisotopic (exact) mass is 280 g/mol. The van der Waals surface area contributed by atoms with Crippen molar-refractivity contribution >= 4 is 11.6 Å².